The molecule has 1 heterocycles. The third kappa shape index (κ3) is 2.02. The summed E-state index contributed by atoms with van der Waals surface area (Å²) in [6, 6.07) is 7.44. The van der Waals surface area contributed by atoms with Crippen LogP contribution in [0.1, 0.15) is 19.4 Å². The third-order valence-electron chi connectivity index (χ3n) is 2.69. The summed E-state index contributed by atoms with van der Waals surface area (Å²) in [5.41, 5.74) is 6.92. The molecular weight excluding hydrogens is 204 g/mol. The first-order chi connectivity index (χ1) is 7.49. The third-order valence-corrected chi connectivity index (χ3v) is 2.69. The van der Waals surface area contributed by atoms with Crippen LogP contribution in [0.15, 0.2) is 24.3 Å². The molecule has 1 amide bonds. The highest BCUT2D eigenvalue weighted by atomic mass is 16.7. The van der Waals surface area contributed by atoms with Crippen LogP contribution in [0.4, 0.5) is 5.69 Å². The highest BCUT2D eigenvalue weighted by molar-refractivity contribution is 5.82. The lowest BCUT2D eigenvalue weighted by atomic mass is 9.95. The topological polar surface area (TPSA) is 55.6 Å². The fraction of sp³-hybridized carbons (Fsp3) is 0.417. The molecule has 1 aliphatic heterocycles. The lowest BCUT2D eigenvalue weighted by Gasteiger charge is -2.16. The van der Waals surface area contributed by atoms with Crippen LogP contribution >= 0.6 is 0 Å². The van der Waals surface area contributed by atoms with Gasteiger partial charge in [0.2, 0.25) is 0 Å². The van der Waals surface area contributed by atoms with E-state index in [2.05, 4.69) is 0 Å². The van der Waals surface area contributed by atoms with Gasteiger partial charge in [-0.25, -0.2) is 5.06 Å². The molecule has 0 saturated carbocycles. The molecule has 0 aliphatic carbocycles. The lowest BCUT2D eigenvalue weighted by Crippen LogP contribution is -2.30. The van der Waals surface area contributed by atoms with E-state index in [9.17, 15) is 4.79 Å². The lowest BCUT2D eigenvalue weighted by molar-refractivity contribution is -0.165. The molecular formula is C12H16N2O2. The number of nitrogens with zero attached hydrogens (tertiary/aromatic N) is 1. The zero-order chi connectivity index (χ0) is 11.8. The SMILES string of the molecule is CC1(C)CON(Cc2ccc(N)cc2)C1=O. The first-order valence-electron chi connectivity index (χ1n) is 5.28. The van der Waals surface area contributed by atoms with Crippen molar-refractivity contribution in [2.45, 2.75) is 20.4 Å². The summed E-state index contributed by atoms with van der Waals surface area (Å²) in [6.45, 7) is 4.69. The van der Waals surface area contributed by atoms with Crippen molar-refractivity contribution in [1.82, 2.24) is 5.06 Å². The summed E-state index contributed by atoms with van der Waals surface area (Å²) in [4.78, 5) is 17.2. The molecule has 1 aliphatic rings. The number of carbonyl (C=O) groups excluding carboxylic acids is 1. The summed E-state index contributed by atoms with van der Waals surface area (Å²) >= 11 is 0. The molecule has 1 aromatic rings. The number of anilines is 1. The molecule has 0 atom stereocenters. The van der Waals surface area contributed by atoms with Crippen LogP contribution in [0.5, 0.6) is 0 Å². The average molecular weight is 220 g/mol. The van der Waals surface area contributed by atoms with Crippen molar-refractivity contribution >= 4 is 11.6 Å². The van der Waals surface area contributed by atoms with Crippen LogP contribution in [0, 0.1) is 5.41 Å². The Labute approximate surface area is 94.9 Å². The second kappa shape index (κ2) is 3.79. The molecule has 86 valence electrons. The summed E-state index contributed by atoms with van der Waals surface area (Å²) < 4.78 is 0. The van der Waals surface area contributed by atoms with Crippen LogP contribution in [-0.4, -0.2) is 17.6 Å². The maximum atomic E-state index is 11.9. The van der Waals surface area contributed by atoms with Crippen LogP contribution in [-0.2, 0) is 16.2 Å². The largest absolute Gasteiger partial charge is 0.399 e. The summed E-state index contributed by atoms with van der Waals surface area (Å²) in [7, 11) is 0. The zero-order valence-electron chi connectivity index (χ0n) is 9.56. The van der Waals surface area contributed by atoms with Gasteiger partial charge in [0.25, 0.3) is 5.91 Å². The van der Waals surface area contributed by atoms with E-state index >= 15 is 0 Å². The fourth-order valence-corrected chi connectivity index (χ4v) is 1.60. The maximum absolute atomic E-state index is 11.9. The first kappa shape index (κ1) is 11.0. The Morgan fingerprint density at radius 2 is 2.00 bits per heavy atom. The molecule has 2 rings (SSSR count). The molecule has 1 saturated heterocycles. The highest BCUT2D eigenvalue weighted by Gasteiger charge is 2.40. The molecule has 4 nitrogen and oxygen atoms in total. The van der Waals surface area contributed by atoms with Crippen molar-refractivity contribution in [3.63, 3.8) is 0 Å². The number of hydrogen-bond donors (Lipinski definition) is 1. The van der Waals surface area contributed by atoms with E-state index in [4.69, 9.17) is 10.6 Å². The van der Waals surface area contributed by atoms with Crippen molar-refractivity contribution in [2.75, 3.05) is 12.3 Å². The van der Waals surface area contributed by atoms with E-state index in [0.29, 0.717) is 13.2 Å². The Balaban J connectivity index is 2.07. The van der Waals surface area contributed by atoms with E-state index in [1.54, 1.807) is 0 Å². The van der Waals surface area contributed by atoms with Crippen LogP contribution in [0.25, 0.3) is 0 Å². The normalized spacial score (nSPS) is 19.1. The Kier molecular flexibility index (Phi) is 2.59. The smallest absolute Gasteiger partial charge is 0.254 e. The summed E-state index contributed by atoms with van der Waals surface area (Å²) in [5, 5.41) is 1.42. The second-order valence-corrected chi connectivity index (χ2v) is 4.74. The van der Waals surface area contributed by atoms with Gasteiger partial charge in [-0.1, -0.05) is 12.1 Å². The van der Waals surface area contributed by atoms with Gasteiger partial charge in [-0.05, 0) is 31.5 Å². The van der Waals surface area contributed by atoms with Crippen molar-refractivity contribution in [1.29, 1.82) is 0 Å². The highest BCUT2D eigenvalue weighted by Crippen LogP contribution is 2.28. The molecule has 0 unspecified atom stereocenters. The van der Waals surface area contributed by atoms with Gasteiger partial charge >= 0.3 is 0 Å². The maximum Gasteiger partial charge on any atom is 0.254 e. The Hall–Kier alpha value is -1.55. The minimum absolute atomic E-state index is 0.0318. The summed E-state index contributed by atoms with van der Waals surface area (Å²) in [6.07, 6.45) is 0. The monoisotopic (exact) mass is 220 g/mol. The van der Waals surface area contributed by atoms with Gasteiger partial charge in [0.05, 0.1) is 18.6 Å². The molecule has 0 radical (unpaired) electrons. The fourth-order valence-electron chi connectivity index (χ4n) is 1.60. The van der Waals surface area contributed by atoms with Crippen molar-refractivity contribution in [3.05, 3.63) is 29.8 Å². The number of nitrogen functional groups attached to an aromatic ring is 1. The number of rotatable bonds is 2. The number of amides is 1. The molecule has 16 heavy (non-hydrogen) atoms. The molecule has 0 spiro atoms. The number of hydroxylamine groups is 2. The quantitative estimate of drug-likeness (QED) is 0.770. The van der Waals surface area contributed by atoms with Gasteiger partial charge in [-0.15, -0.1) is 0 Å². The molecule has 0 aromatic heterocycles. The number of hydrogen-bond acceptors (Lipinski definition) is 3. The number of benzene rings is 1. The molecule has 4 heteroatoms. The standard InChI is InChI=1S/C12H16N2O2/c1-12(2)8-16-14(11(12)15)7-9-3-5-10(13)6-4-9/h3-6H,7-8,13H2,1-2H3. The van der Waals surface area contributed by atoms with Gasteiger partial charge in [0, 0.05) is 5.69 Å². The molecule has 2 N–H and O–H groups in total. The Morgan fingerprint density at radius 3 is 2.50 bits per heavy atom. The number of nitrogens with two attached hydrogens (primary N) is 1. The first-order valence-corrected chi connectivity index (χ1v) is 5.28. The van der Waals surface area contributed by atoms with Crippen LogP contribution < -0.4 is 5.73 Å². The van der Waals surface area contributed by atoms with Gasteiger partial charge in [-0.2, -0.15) is 0 Å². The van der Waals surface area contributed by atoms with Gasteiger partial charge in [0.1, 0.15) is 0 Å². The minimum Gasteiger partial charge on any atom is -0.399 e. The van der Waals surface area contributed by atoms with E-state index in [0.717, 1.165) is 11.3 Å². The van der Waals surface area contributed by atoms with Crippen molar-refractivity contribution in [2.24, 2.45) is 5.41 Å². The zero-order valence-corrected chi connectivity index (χ0v) is 9.56. The van der Waals surface area contributed by atoms with E-state index < -0.39 is 5.41 Å². The van der Waals surface area contributed by atoms with Gasteiger partial charge in [0.15, 0.2) is 0 Å². The molecule has 1 aromatic carbocycles. The minimum atomic E-state index is -0.409. The van der Waals surface area contributed by atoms with Gasteiger partial charge < -0.3 is 5.73 Å². The van der Waals surface area contributed by atoms with Crippen molar-refractivity contribution in [3.8, 4) is 0 Å². The Morgan fingerprint density at radius 1 is 1.38 bits per heavy atom. The van der Waals surface area contributed by atoms with E-state index in [1.807, 2.05) is 38.1 Å². The summed E-state index contributed by atoms with van der Waals surface area (Å²) in [5.74, 6) is 0.0318. The van der Waals surface area contributed by atoms with E-state index in [1.165, 1.54) is 5.06 Å². The number of carbonyl (C=O) groups is 1. The average Bonchev–Trinajstić information content (AvgIpc) is 2.49. The van der Waals surface area contributed by atoms with Crippen LogP contribution in [0.2, 0.25) is 0 Å². The van der Waals surface area contributed by atoms with Gasteiger partial charge in [-0.3, -0.25) is 9.63 Å². The van der Waals surface area contributed by atoms with E-state index in [-0.39, 0.29) is 5.91 Å². The second-order valence-electron chi connectivity index (χ2n) is 4.74. The predicted octanol–water partition coefficient (Wildman–Crippen LogP) is 1.57. The van der Waals surface area contributed by atoms with Crippen molar-refractivity contribution < 1.29 is 9.63 Å². The Bertz CT molecular complexity index is 398. The van der Waals surface area contributed by atoms with Crippen LogP contribution in [0.3, 0.4) is 0 Å². The molecule has 1 fully saturated rings. The predicted molar refractivity (Wildman–Crippen MR) is 61.1 cm³/mol. The molecule has 0 bridgehead atoms.